The molecular formula is C4H8N2O7. The number of hydrogen-bond donors (Lipinski definition) is 1. The van der Waals surface area contributed by atoms with Crippen molar-refractivity contribution >= 4 is 0 Å². The Morgan fingerprint density at radius 3 is 2.31 bits per heavy atom. The van der Waals surface area contributed by atoms with E-state index in [1.54, 1.807) is 0 Å². The first-order valence-electron chi connectivity index (χ1n) is 3.25. The fourth-order valence-corrected chi connectivity index (χ4v) is 0.558. The van der Waals surface area contributed by atoms with Crippen LogP contribution < -0.4 is 0 Å². The Kier molecular flexibility index (Phi) is 5.19. The first-order chi connectivity index (χ1) is 6.06. The number of hydrogen-bond acceptors (Lipinski definition) is 7. The maximum atomic E-state index is 9.76. The van der Waals surface area contributed by atoms with Gasteiger partial charge in [-0.25, -0.2) is 0 Å². The van der Waals surface area contributed by atoms with Crippen LogP contribution in [0.2, 0.25) is 0 Å². The van der Waals surface area contributed by atoms with E-state index < -0.39 is 22.9 Å². The van der Waals surface area contributed by atoms with Crippen LogP contribution in [0.5, 0.6) is 0 Å². The molecule has 0 rings (SSSR count). The van der Waals surface area contributed by atoms with E-state index in [1.165, 1.54) is 0 Å². The Balaban J connectivity index is 3.59. The molecule has 0 spiro atoms. The van der Waals surface area contributed by atoms with Crippen molar-refractivity contribution in [3.63, 3.8) is 0 Å². The van der Waals surface area contributed by atoms with Gasteiger partial charge in [-0.05, 0) is 6.42 Å². The molecule has 0 aliphatic heterocycles. The van der Waals surface area contributed by atoms with Crippen LogP contribution in [0.3, 0.4) is 0 Å². The summed E-state index contributed by atoms with van der Waals surface area (Å²) < 4.78 is 0. The molecule has 0 saturated heterocycles. The summed E-state index contributed by atoms with van der Waals surface area (Å²) in [6, 6.07) is 0. The minimum atomic E-state index is -1.09. The zero-order valence-electron chi connectivity index (χ0n) is 6.49. The summed E-state index contributed by atoms with van der Waals surface area (Å²) in [7, 11) is 0. The molecule has 9 heteroatoms. The zero-order chi connectivity index (χ0) is 10.3. The normalized spacial score (nSPS) is 11.8. The first kappa shape index (κ1) is 11.4. The monoisotopic (exact) mass is 196 g/mol. The second kappa shape index (κ2) is 5.94. The highest BCUT2D eigenvalue weighted by molar-refractivity contribution is 4.51. The smallest absolute Gasteiger partial charge is 0.294 e. The van der Waals surface area contributed by atoms with Gasteiger partial charge in [0.25, 0.3) is 10.2 Å². The van der Waals surface area contributed by atoms with Crippen molar-refractivity contribution in [3.8, 4) is 0 Å². The summed E-state index contributed by atoms with van der Waals surface area (Å²) in [5.74, 6) is 0. The van der Waals surface area contributed by atoms with Crippen molar-refractivity contribution in [3.05, 3.63) is 20.2 Å². The minimum Gasteiger partial charge on any atom is -0.394 e. The third kappa shape index (κ3) is 6.75. The molecule has 0 aromatic rings. The van der Waals surface area contributed by atoms with Crippen molar-refractivity contribution in [1.29, 1.82) is 0 Å². The molecule has 0 aliphatic carbocycles. The Labute approximate surface area is 72.1 Å². The van der Waals surface area contributed by atoms with Gasteiger partial charge in [0.05, 0.1) is 13.2 Å². The van der Waals surface area contributed by atoms with Crippen LogP contribution >= 0.6 is 0 Å². The fraction of sp³-hybridized carbons (Fsp3) is 1.00. The first-order valence-corrected chi connectivity index (χ1v) is 3.25. The molecule has 0 saturated carbocycles. The number of aliphatic hydroxyl groups excluding tert-OH is 1. The van der Waals surface area contributed by atoms with Gasteiger partial charge in [0.1, 0.15) is 6.10 Å². The molecule has 1 unspecified atom stereocenters. The molecular weight excluding hydrogens is 188 g/mol. The largest absolute Gasteiger partial charge is 0.394 e. The Bertz CT molecular complexity index is 183. The van der Waals surface area contributed by atoms with Crippen LogP contribution in [0.4, 0.5) is 0 Å². The molecule has 0 bridgehead atoms. The highest BCUT2D eigenvalue weighted by Gasteiger charge is 2.12. The van der Waals surface area contributed by atoms with Crippen molar-refractivity contribution < 1.29 is 25.0 Å². The minimum absolute atomic E-state index is 0.127. The maximum Gasteiger partial charge on any atom is 0.294 e. The lowest BCUT2D eigenvalue weighted by molar-refractivity contribution is -0.774. The van der Waals surface area contributed by atoms with Crippen LogP contribution in [-0.2, 0) is 9.68 Å². The molecule has 76 valence electrons. The average Bonchev–Trinajstić information content (AvgIpc) is 2.01. The van der Waals surface area contributed by atoms with Gasteiger partial charge in [-0.3, -0.25) is 0 Å². The SMILES string of the molecule is O=[N+]([O-])OCCC(CO)O[N+](=O)[O-]. The van der Waals surface area contributed by atoms with E-state index in [2.05, 4.69) is 9.68 Å². The third-order valence-electron chi connectivity index (χ3n) is 1.08. The summed E-state index contributed by atoms with van der Waals surface area (Å²) in [6.45, 7) is -0.950. The van der Waals surface area contributed by atoms with E-state index in [0.29, 0.717) is 0 Å². The predicted molar refractivity (Wildman–Crippen MR) is 36.5 cm³/mol. The van der Waals surface area contributed by atoms with E-state index in [-0.39, 0.29) is 13.0 Å². The van der Waals surface area contributed by atoms with Gasteiger partial charge in [-0.15, -0.1) is 20.2 Å². The quantitative estimate of drug-likeness (QED) is 0.415. The molecule has 0 radical (unpaired) electrons. The average molecular weight is 196 g/mol. The molecule has 1 N–H and O–H groups in total. The van der Waals surface area contributed by atoms with Gasteiger partial charge in [0, 0.05) is 0 Å². The van der Waals surface area contributed by atoms with Crippen molar-refractivity contribution in [2.24, 2.45) is 0 Å². The van der Waals surface area contributed by atoms with Crippen LogP contribution in [0, 0.1) is 20.2 Å². The zero-order valence-corrected chi connectivity index (χ0v) is 6.49. The van der Waals surface area contributed by atoms with E-state index in [4.69, 9.17) is 5.11 Å². The molecule has 13 heavy (non-hydrogen) atoms. The standard InChI is InChI=1S/C4H8N2O7/c7-3-4(13-6(10)11)1-2-12-5(8)9/h4,7H,1-3H2. The second-order valence-electron chi connectivity index (χ2n) is 1.98. The van der Waals surface area contributed by atoms with Crippen molar-refractivity contribution in [2.45, 2.75) is 12.5 Å². The topological polar surface area (TPSA) is 125 Å². The van der Waals surface area contributed by atoms with Crippen LogP contribution in [0.15, 0.2) is 0 Å². The highest BCUT2D eigenvalue weighted by Crippen LogP contribution is 1.98. The Morgan fingerprint density at radius 1 is 1.31 bits per heavy atom. The van der Waals surface area contributed by atoms with Crippen molar-refractivity contribution in [1.82, 2.24) is 0 Å². The van der Waals surface area contributed by atoms with Crippen LogP contribution in [0.1, 0.15) is 6.42 Å². The summed E-state index contributed by atoms with van der Waals surface area (Å²) in [5.41, 5.74) is 0. The maximum absolute atomic E-state index is 9.76. The summed E-state index contributed by atoms with van der Waals surface area (Å²) >= 11 is 0. The summed E-state index contributed by atoms with van der Waals surface area (Å²) in [5, 5.41) is 25.8. The highest BCUT2D eigenvalue weighted by atomic mass is 17.0. The van der Waals surface area contributed by atoms with Gasteiger partial charge in [-0.1, -0.05) is 0 Å². The lowest BCUT2D eigenvalue weighted by Gasteiger charge is -2.09. The van der Waals surface area contributed by atoms with Gasteiger partial charge >= 0.3 is 0 Å². The van der Waals surface area contributed by atoms with Crippen LogP contribution in [0.25, 0.3) is 0 Å². The summed E-state index contributed by atoms with van der Waals surface area (Å²) in [4.78, 5) is 27.2. The second-order valence-corrected chi connectivity index (χ2v) is 1.98. The molecule has 0 aliphatic rings. The van der Waals surface area contributed by atoms with E-state index >= 15 is 0 Å². The Morgan fingerprint density at radius 2 is 1.92 bits per heavy atom. The van der Waals surface area contributed by atoms with E-state index in [9.17, 15) is 20.2 Å². The molecule has 0 aromatic carbocycles. The number of rotatable bonds is 7. The molecule has 0 fully saturated rings. The van der Waals surface area contributed by atoms with Gasteiger partial charge < -0.3 is 14.8 Å². The lowest BCUT2D eigenvalue weighted by Crippen LogP contribution is -2.23. The van der Waals surface area contributed by atoms with Gasteiger partial charge in [0.15, 0.2) is 0 Å². The van der Waals surface area contributed by atoms with Crippen LogP contribution in [-0.4, -0.2) is 34.6 Å². The van der Waals surface area contributed by atoms with Gasteiger partial charge in [0.2, 0.25) is 0 Å². The Hall–Kier alpha value is -1.64. The third-order valence-corrected chi connectivity index (χ3v) is 1.08. The summed E-state index contributed by atoms with van der Waals surface area (Å²) in [6.07, 6.45) is -1.21. The van der Waals surface area contributed by atoms with E-state index in [0.717, 1.165) is 0 Å². The molecule has 1 atom stereocenters. The molecule has 9 nitrogen and oxygen atoms in total. The fourth-order valence-electron chi connectivity index (χ4n) is 0.558. The predicted octanol–water partition coefficient (Wildman–Crippen LogP) is -0.846. The molecule has 0 aromatic heterocycles. The molecule has 0 heterocycles. The van der Waals surface area contributed by atoms with Gasteiger partial charge in [-0.2, -0.15) is 0 Å². The number of aliphatic hydroxyl groups is 1. The van der Waals surface area contributed by atoms with Crippen molar-refractivity contribution in [2.75, 3.05) is 13.2 Å². The lowest BCUT2D eigenvalue weighted by atomic mass is 10.3. The molecule has 0 amide bonds. The van der Waals surface area contributed by atoms with E-state index in [1.807, 2.05) is 0 Å². The number of nitrogens with zero attached hydrogens (tertiary/aromatic N) is 2.